The molecule has 0 spiro atoms. The molecule has 0 radical (unpaired) electrons. The van der Waals surface area contributed by atoms with Gasteiger partial charge in [0.15, 0.2) is 11.5 Å². The van der Waals surface area contributed by atoms with E-state index >= 15 is 0 Å². The minimum atomic E-state index is -3.77. The van der Waals surface area contributed by atoms with Gasteiger partial charge in [-0.1, -0.05) is 5.16 Å². The molecule has 0 saturated heterocycles. The number of anilines is 2. The number of rotatable bonds is 8. The summed E-state index contributed by atoms with van der Waals surface area (Å²) in [6.07, 6.45) is 5.14. The molecule has 166 valence electrons. The van der Waals surface area contributed by atoms with Crippen molar-refractivity contribution in [2.45, 2.75) is 30.9 Å². The van der Waals surface area contributed by atoms with E-state index in [1.54, 1.807) is 49.4 Å². The number of hydrogen-bond acceptors (Lipinski definition) is 7. The van der Waals surface area contributed by atoms with Crippen molar-refractivity contribution in [2.24, 2.45) is 5.92 Å². The largest absolute Gasteiger partial charge is 0.354 e. The Balaban J connectivity index is 1.47. The molecule has 0 unspecified atom stereocenters. The lowest BCUT2D eigenvalue weighted by Crippen LogP contribution is -2.14. The van der Waals surface area contributed by atoms with Crippen molar-refractivity contribution in [3.05, 3.63) is 58.3 Å². The van der Waals surface area contributed by atoms with Gasteiger partial charge in [-0.05, 0) is 75.2 Å². The van der Waals surface area contributed by atoms with E-state index in [-0.39, 0.29) is 21.8 Å². The monoisotopic (exact) mass is 471 g/mol. The van der Waals surface area contributed by atoms with Gasteiger partial charge in [0.25, 0.3) is 10.0 Å². The molecule has 4 rings (SSSR count). The fourth-order valence-corrected chi connectivity index (χ4v) is 5.22. The average Bonchev–Trinajstić information content (AvgIpc) is 3.40. The maximum atomic E-state index is 12.7. The summed E-state index contributed by atoms with van der Waals surface area (Å²) in [5.41, 5.74) is 1.98. The van der Waals surface area contributed by atoms with Crippen LogP contribution in [-0.2, 0) is 14.8 Å². The molecule has 10 heteroatoms. The van der Waals surface area contributed by atoms with Crippen LogP contribution in [0.2, 0.25) is 0 Å². The van der Waals surface area contributed by atoms with Gasteiger partial charge >= 0.3 is 0 Å². The number of nitrogens with one attached hydrogen (secondary N) is 2. The number of carbonyl (C=O) groups is 2. The highest BCUT2D eigenvalue weighted by Crippen LogP contribution is 2.32. The minimum Gasteiger partial charge on any atom is -0.354 e. The second-order valence-corrected chi connectivity index (χ2v) is 10.5. The molecule has 1 aliphatic carbocycles. The Kier molecular flexibility index (Phi) is 5.98. The number of aryl methyl sites for hydroxylation is 1. The van der Waals surface area contributed by atoms with Crippen molar-refractivity contribution in [3.8, 4) is 0 Å². The third-order valence-corrected chi connectivity index (χ3v) is 7.82. The van der Waals surface area contributed by atoms with Crippen LogP contribution in [0.4, 0.5) is 11.4 Å². The van der Waals surface area contributed by atoms with Crippen LogP contribution in [0.25, 0.3) is 12.2 Å². The molecule has 2 heterocycles. The highest BCUT2D eigenvalue weighted by molar-refractivity contribution is 7.94. The van der Waals surface area contributed by atoms with Gasteiger partial charge in [0.2, 0.25) is 5.91 Å². The highest BCUT2D eigenvalue weighted by Gasteiger charge is 2.30. The zero-order valence-electron chi connectivity index (χ0n) is 17.4. The summed E-state index contributed by atoms with van der Waals surface area (Å²) in [6, 6.07) is 9.43. The topological polar surface area (TPSA) is 118 Å². The van der Waals surface area contributed by atoms with E-state index < -0.39 is 10.0 Å². The SMILES string of the molecule is CC(=O)c1ccc(NS(=O)(=O)c2ccc(C=Cc3onc(C)c3NC(=O)C3CC3)s2)cc1. The molecule has 1 fully saturated rings. The van der Waals surface area contributed by atoms with E-state index in [0.29, 0.717) is 33.3 Å². The predicted molar refractivity (Wildman–Crippen MR) is 123 cm³/mol. The Morgan fingerprint density at radius 1 is 1.12 bits per heavy atom. The van der Waals surface area contributed by atoms with Crippen LogP contribution in [0.3, 0.4) is 0 Å². The molecule has 2 N–H and O–H groups in total. The third kappa shape index (κ3) is 4.97. The molecule has 2 aromatic heterocycles. The number of benzene rings is 1. The number of Topliss-reactive ketones (excluding diaryl/α,β-unsaturated/α-hetero) is 1. The summed E-state index contributed by atoms with van der Waals surface area (Å²) < 4.78 is 33.3. The van der Waals surface area contributed by atoms with Crippen molar-refractivity contribution in [1.29, 1.82) is 0 Å². The molecule has 1 aliphatic rings. The number of aromatic nitrogens is 1. The smallest absolute Gasteiger partial charge is 0.271 e. The van der Waals surface area contributed by atoms with E-state index in [2.05, 4.69) is 15.2 Å². The van der Waals surface area contributed by atoms with E-state index in [0.717, 1.165) is 24.2 Å². The zero-order valence-corrected chi connectivity index (χ0v) is 19.0. The van der Waals surface area contributed by atoms with Crippen LogP contribution in [0.1, 0.15) is 46.5 Å². The number of sulfonamides is 1. The van der Waals surface area contributed by atoms with Crippen molar-refractivity contribution in [1.82, 2.24) is 5.16 Å². The Morgan fingerprint density at radius 2 is 1.84 bits per heavy atom. The predicted octanol–water partition coefficient (Wildman–Crippen LogP) is 4.57. The van der Waals surface area contributed by atoms with Crippen molar-refractivity contribution in [3.63, 3.8) is 0 Å². The molecule has 0 bridgehead atoms. The molecule has 1 saturated carbocycles. The summed E-state index contributed by atoms with van der Waals surface area (Å²) in [5, 5.41) is 6.76. The Hall–Kier alpha value is -3.24. The second-order valence-electron chi connectivity index (χ2n) is 7.50. The van der Waals surface area contributed by atoms with Crippen molar-refractivity contribution in [2.75, 3.05) is 10.0 Å². The average molecular weight is 472 g/mol. The van der Waals surface area contributed by atoms with Crippen molar-refractivity contribution < 1.29 is 22.5 Å². The number of amides is 1. The standard InChI is InChI=1S/C22H21N3O5S2/c1-13-21(23-22(27)16-3-4-16)19(30-24-13)11-9-18-10-12-20(31-18)32(28,29)25-17-7-5-15(6-8-17)14(2)26/h5-12,16,25H,3-4H2,1-2H3,(H,23,27). The second kappa shape index (κ2) is 8.71. The Labute approximate surface area is 189 Å². The molecule has 1 aromatic carbocycles. The summed E-state index contributed by atoms with van der Waals surface area (Å²) in [5.74, 6) is 0.319. The third-order valence-electron chi connectivity index (χ3n) is 4.90. The van der Waals surface area contributed by atoms with Crippen LogP contribution in [0.5, 0.6) is 0 Å². The lowest BCUT2D eigenvalue weighted by molar-refractivity contribution is -0.117. The number of nitrogens with zero attached hydrogens (tertiary/aromatic N) is 1. The maximum Gasteiger partial charge on any atom is 0.271 e. The molecule has 32 heavy (non-hydrogen) atoms. The lowest BCUT2D eigenvalue weighted by Gasteiger charge is -2.06. The molecular weight excluding hydrogens is 450 g/mol. The van der Waals surface area contributed by atoms with Gasteiger partial charge in [-0.2, -0.15) is 0 Å². The van der Waals surface area contributed by atoms with Crippen LogP contribution in [-0.4, -0.2) is 25.3 Å². The van der Waals surface area contributed by atoms with Crippen LogP contribution >= 0.6 is 11.3 Å². The maximum absolute atomic E-state index is 12.7. The van der Waals surface area contributed by atoms with Crippen LogP contribution < -0.4 is 10.0 Å². The first-order valence-corrected chi connectivity index (χ1v) is 12.2. The molecule has 1 amide bonds. The summed E-state index contributed by atoms with van der Waals surface area (Å²) in [7, 11) is -3.77. The van der Waals surface area contributed by atoms with Gasteiger partial charge in [-0.3, -0.25) is 14.3 Å². The molecular formula is C22H21N3O5S2. The zero-order chi connectivity index (χ0) is 22.9. The first-order chi connectivity index (χ1) is 15.2. The summed E-state index contributed by atoms with van der Waals surface area (Å²) in [6.45, 7) is 3.19. The van der Waals surface area contributed by atoms with Gasteiger partial charge in [0.05, 0.1) is 0 Å². The van der Waals surface area contributed by atoms with Crippen LogP contribution in [0, 0.1) is 12.8 Å². The number of ketones is 1. The van der Waals surface area contributed by atoms with E-state index in [4.69, 9.17) is 4.52 Å². The van der Waals surface area contributed by atoms with Gasteiger partial charge in [-0.25, -0.2) is 8.42 Å². The summed E-state index contributed by atoms with van der Waals surface area (Å²) >= 11 is 1.09. The first kappa shape index (κ1) is 22.0. The normalized spacial score (nSPS) is 13.9. The van der Waals surface area contributed by atoms with E-state index in [9.17, 15) is 18.0 Å². The van der Waals surface area contributed by atoms with Gasteiger partial charge < -0.3 is 9.84 Å². The summed E-state index contributed by atoms with van der Waals surface area (Å²) in [4.78, 5) is 24.1. The number of thiophene rings is 1. The van der Waals surface area contributed by atoms with E-state index in [1.165, 1.54) is 13.0 Å². The Bertz CT molecular complexity index is 1300. The van der Waals surface area contributed by atoms with Gasteiger partial charge in [-0.15, -0.1) is 11.3 Å². The van der Waals surface area contributed by atoms with Gasteiger partial charge in [0.1, 0.15) is 15.6 Å². The quantitative estimate of drug-likeness (QED) is 0.465. The minimum absolute atomic E-state index is 0.0436. The molecule has 3 aromatic rings. The fraction of sp³-hybridized carbons (Fsp3) is 0.227. The first-order valence-electron chi connectivity index (χ1n) is 9.92. The molecule has 0 atom stereocenters. The highest BCUT2D eigenvalue weighted by atomic mass is 32.2. The number of carbonyl (C=O) groups excluding carboxylic acids is 2. The Morgan fingerprint density at radius 3 is 2.50 bits per heavy atom. The van der Waals surface area contributed by atoms with E-state index in [1.807, 2.05) is 0 Å². The number of hydrogen-bond donors (Lipinski definition) is 2. The van der Waals surface area contributed by atoms with Crippen molar-refractivity contribution >= 4 is 56.6 Å². The van der Waals surface area contributed by atoms with Crippen LogP contribution in [0.15, 0.2) is 45.1 Å². The molecule has 0 aliphatic heterocycles. The fourth-order valence-electron chi connectivity index (χ4n) is 2.93. The lowest BCUT2D eigenvalue weighted by atomic mass is 10.1. The molecule has 8 nitrogen and oxygen atoms in total. The van der Waals surface area contributed by atoms with Gasteiger partial charge in [0, 0.05) is 22.0 Å².